The van der Waals surface area contributed by atoms with Gasteiger partial charge in [-0.05, 0) is 20.8 Å². The van der Waals surface area contributed by atoms with Gasteiger partial charge in [0.1, 0.15) is 0 Å². The van der Waals surface area contributed by atoms with Crippen LogP contribution in [0.5, 0.6) is 6.01 Å². The van der Waals surface area contributed by atoms with Crippen LogP contribution in [0.2, 0.25) is 0 Å². The van der Waals surface area contributed by atoms with Crippen LogP contribution in [0, 0.1) is 13.8 Å². The minimum atomic E-state index is 0.305. The summed E-state index contributed by atoms with van der Waals surface area (Å²) in [5.74, 6) is 0.941. The highest BCUT2D eigenvalue weighted by molar-refractivity contribution is 5.37. The number of ether oxygens (including phenoxy) is 1. The third-order valence-corrected chi connectivity index (χ3v) is 3.19. The minimum absolute atomic E-state index is 0.305. The first-order valence-corrected chi connectivity index (χ1v) is 6.84. The van der Waals surface area contributed by atoms with Gasteiger partial charge >= 0.3 is 6.01 Å². The number of rotatable bonds is 6. The number of anilines is 2. The molecule has 0 aromatic carbocycles. The Balaban J connectivity index is 2.17. The lowest BCUT2D eigenvalue weighted by atomic mass is 10.2. The Hall–Kier alpha value is -2.38. The molecule has 8 heteroatoms. The van der Waals surface area contributed by atoms with Gasteiger partial charge < -0.3 is 15.4 Å². The summed E-state index contributed by atoms with van der Waals surface area (Å²) in [5, 5.41) is 10.5. The second kappa shape index (κ2) is 6.38. The molecule has 0 saturated carbocycles. The molecule has 0 saturated heterocycles. The van der Waals surface area contributed by atoms with E-state index in [0.29, 0.717) is 31.1 Å². The van der Waals surface area contributed by atoms with Crippen LogP contribution in [0.15, 0.2) is 0 Å². The fraction of sp³-hybridized carbons (Fsp3) is 0.538. The summed E-state index contributed by atoms with van der Waals surface area (Å²) in [6.07, 6.45) is 0. The monoisotopic (exact) mass is 291 g/mol. The molecule has 0 amide bonds. The van der Waals surface area contributed by atoms with Gasteiger partial charge in [-0.2, -0.15) is 20.1 Å². The van der Waals surface area contributed by atoms with E-state index in [1.807, 2.05) is 32.5 Å². The van der Waals surface area contributed by atoms with Crippen molar-refractivity contribution in [2.45, 2.75) is 27.3 Å². The smallest absolute Gasteiger partial charge is 0.323 e. The fourth-order valence-electron chi connectivity index (χ4n) is 1.98. The highest BCUT2D eigenvalue weighted by Crippen LogP contribution is 2.15. The van der Waals surface area contributed by atoms with E-state index >= 15 is 0 Å². The highest BCUT2D eigenvalue weighted by Gasteiger charge is 2.11. The van der Waals surface area contributed by atoms with Crippen molar-refractivity contribution < 1.29 is 4.74 Å². The first-order valence-electron chi connectivity index (χ1n) is 6.84. The van der Waals surface area contributed by atoms with Crippen LogP contribution in [-0.2, 0) is 13.6 Å². The van der Waals surface area contributed by atoms with Gasteiger partial charge in [0.25, 0.3) is 0 Å². The number of nitrogens with zero attached hydrogens (tertiary/aromatic N) is 5. The van der Waals surface area contributed by atoms with Crippen LogP contribution < -0.4 is 15.4 Å². The van der Waals surface area contributed by atoms with Gasteiger partial charge in [0.05, 0.1) is 12.3 Å². The van der Waals surface area contributed by atoms with Gasteiger partial charge in [-0.15, -0.1) is 0 Å². The van der Waals surface area contributed by atoms with Crippen molar-refractivity contribution in [3.05, 3.63) is 17.0 Å². The molecule has 114 valence electrons. The van der Waals surface area contributed by atoms with Crippen molar-refractivity contribution >= 4 is 11.9 Å². The summed E-state index contributed by atoms with van der Waals surface area (Å²) in [6, 6.07) is 0.305. The molecule has 0 aliphatic rings. The number of nitrogens with one attached hydrogen (secondary N) is 2. The summed E-state index contributed by atoms with van der Waals surface area (Å²) >= 11 is 0. The summed E-state index contributed by atoms with van der Waals surface area (Å²) < 4.78 is 7.20. The van der Waals surface area contributed by atoms with Crippen LogP contribution in [0.25, 0.3) is 0 Å². The van der Waals surface area contributed by atoms with E-state index in [4.69, 9.17) is 4.74 Å². The molecule has 0 fully saturated rings. The molecule has 8 nitrogen and oxygen atoms in total. The number of aryl methyl sites for hydroxylation is 2. The Bertz CT molecular complexity index is 623. The number of aromatic nitrogens is 5. The molecule has 2 heterocycles. The molecule has 0 aliphatic carbocycles. The van der Waals surface area contributed by atoms with Gasteiger partial charge in [0, 0.05) is 31.9 Å². The zero-order valence-corrected chi connectivity index (χ0v) is 13.1. The summed E-state index contributed by atoms with van der Waals surface area (Å²) in [7, 11) is 3.69. The average Bonchev–Trinajstić information content (AvgIpc) is 2.70. The molecule has 0 unspecified atom stereocenters. The molecular weight excluding hydrogens is 270 g/mol. The van der Waals surface area contributed by atoms with Crippen LogP contribution in [0.1, 0.15) is 23.9 Å². The molecule has 0 aliphatic heterocycles. The molecule has 2 aromatic heterocycles. The average molecular weight is 291 g/mol. The van der Waals surface area contributed by atoms with E-state index in [1.54, 1.807) is 7.05 Å². The Morgan fingerprint density at radius 2 is 1.86 bits per heavy atom. The van der Waals surface area contributed by atoms with E-state index in [2.05, 4.69) is 30.7 Å². The molecular formula is C13H21N7O. The third kappa shape index (κ3) is 3.39. The van der Waals surface area contributed by atoms with E-state index in [1.165, 1.54) is 0 Å². The van der Waals surface area contributed by atoms with Crippen LogP contribution >= 0.6 is 0 Å². The fourth-order valence-corrected chi connectivity index (χ4v) is 1.98. The molecule has 21 heavy (non-hydrogen) atoms. The lowest BCUT2D eigenvalue weighted by Crippen LogP contribution is -2.10. The summed E-state index contributed by atoms with van der Waals surface area (Å²) in [5.41, 5.74) is 3.25. The molecule has 0 atom stereocenters. The lowest BCUT2D eigenvalue weighted by molar-refractivity contribution is 0.312. The first kappa shape index (κ1) is 15.0. The molecule has 0 radical (unpaired) electrons. The molecule has 0 bridgehead atoms. The largest absolute Gasteiger partial charge is 0.464 e. The predicted molar refractivity (Wildman–Crippen MR) is 80.6 cm³/mol. The molecule has 2 aromatic rings. The zero-order chi connectivity index (χ0) is 15.4. The minimum Gasteiger partial charge on any atom is -0.464 e. The predicted octanol–water partition coefficient (Wildman–Crippen LogP) is 1.27. The summed E-state index contributed by atoms with van der Waals surface area (Å²) in [4.78, 5) is 12.6. The van der Waals surface area contributed by atoms with Crippen molar-refractivity contribution in [2.24, 2.45) is 7.05 Å². The maximum absolute atomic E-state index is 5.33. The standard InChI is InChI=1S/C13H21N7O/c1-6-21-13-17-11(14-4)16-12(18-13)15-7-10-8(2)19-20(5)9(10)3/h6-7H2,1-5H3,(H2,14,15,16,17,18). The Morgan fingerprint density at radius 1 is 1.14 bits per heavy atom. The Morgan fingerprint density at radius 3 is 2.43 bits per heavy atom. The Kier molecular flexibility index (Phi) is 4.56. The second-order valence-electron chi connectivity index (χ2n) is 4.57. The van der Waals surface area contributed by atoms with E-state index < -0.39 is 0 Å². The quantitative estimate of drug-likeness (QED) is 0.828. The van der Waals surface area contributed by atoms with E-state index in [9.17, 15) is 0 Å². The van der Waals surface area contributed by atoms with Gasteiger partial charge in [-0.3, -0.25) is 4.68 Å². The molecule has 2 N–H and O–H groups in total. The van der Waals surface area contributed by atoms with Crippen molar-refractivity contribution in [1.29, 1.82) is 0 Å². The molecule has 0 spiro atoms. The van der Waals surface area contributed by atoms with E-state index in [-0.39, 0.29) is 0 Å². The van der Waals surface area contributed by atoms with Gasteiger partial charge in [0.2, 0.25) is 11.9 Å². The van der Waals surface area contributed by atoms with Gasteiger partial charge in [-0.1, -0.05) is 0 Å². The topological polar surface area (TPSA) is 89.8 Å². The van der Waals surface area contributed by atoms with Gasteiger partial charge in [-0.25, -0.2) is 0 Å². The van der Waals surface area contributed by atoms with Crippen LogP contribution in [-0.4, -0.2) is 38.4 Å². The normalized spacial score (nSPS) is 10.5. The maximum atomic E-state index is 5.33. The third-order valence-electron chi connectivity index (χ3n) is 3.19. The second-order valence-corrected chi connectivity index (χ2v) is 4.57. The maximum Gasteiger partial charge on any atom is 0.323 e. The highest BCUT2D eigenvalue weighted by atomic mass is 16.5. The summed E-state index contributed by atoms with van der Waals surface area (Å²) in [6.45, 7) is 7.02. The van der Waals surface area contributed by atoms with Gasteiger partial charge in [0.15, 0.2) is 0 Å². The number of hydrogen-bond donors (Lipinski definition) is 2. The van der Waals surface area contributed by atoms with E-state index in [0.717, 1.165) is 17.0 Å². The van der Waals surface area contributed by atoms with Crippen molar-refractivity contribution in [3.63, 3.8) is 0 Å². The number of hydrogen-bond acceptors (Lipinski definition) is 7. The SMILES string of the molecule is CCOc1nc(NC)nc(NCc2c(C)nn(C)c2C)n1. The Labute approximate surface area is 124 Å². The molecule has 2 rings (SSSR count). The van der Waals surface area contributed by atoms with Crippen LogP contribution in [0.4, 0.5) is 11.9 Å². The van der Waals surface area contributed by atoms with Crippen LogP contribution in [0.3, 0.4) is 0 Å². The van der Waals surface area contributed by atoms with Crippen molar-refractivity contribution in [2.75, 3.05) is 24.3 Å². The van der Waals surface area contributed by atoms with Crippen molar-refractivity contribution in [1.82, 2.24) is 24.7 Å². The zero-order valence-electron chi connectivity index (χ0n) is 13.1. The van der Waals surface area contributed by atoms with Crippen molar-refractivity contribution in [3.8, 4) is 6.01 Å². The lowest BCUT2D eigenvalue weighted by Gasteiger charge is -2.09. The first-order chi connectivity index (χ1) is 10.0.